The van der Waals surface area contributed by atoms with Crippen LogP contribution in [0, 0.1) is 6.92 Å². The highest BCUT2D eigenvalue weighted by Crippen LogP contribution is 2.17. The molecule has 9 heteroatoms. The number of carbonyl (C=O) groups excluding carboxylic acids is 1. The first-order valence-corrected chi connectivity index (χ1v) is 6.38. The Bertz CT molecular complexity index is 579. The van der Waals surface area contributed by atoms with Crippen LogP contribution in [0.25, 0.3) is 0 Å². The van der Waals surface area contributed by atoms with Crippen LogP contribution in [0.1, 0.15) is 30.9 Å². The van der Waals surface area contributed by atoms with Gasteiger partial charge in [-0.2, -0.15) is 8.75 Å². The van der Waals surface area contributed by atoms with Crippen LogP contribution in [-0.4, -0.2) is 30.7 Å². The number of carboxylic acids is 1. The van der Waals surface area contributed by atoms with E-state index in [1.54, 1.807) is 6.92 Å². The number of carbonyl (C=O) groups is 2. The minimum Gasteiger partial charge on any atom is -0.477 e. The van der Waals surface area contributed by atoms with Crippen LogP contribution in [0.2, 0.25) is 0 Å². The molecule has 0 aliphatic rings. The Labute approximate surface area is 110 Å². The molecule has 0 aromatic carbocycles. The average Bonchev–Trinajstić information content (AvgIpc) is 2.94. The molecule has 0 saturated heterocycles. The summed E-state index contributed by atoms with van der Waals surface area (Å²) < 4.78 is 7.51. The Morgan fingerprint density at radius 1 is 1.50 bits per heavy atom. The molecule has 0 bridgehead atoms. The monoisotopic (exact) mass is 284 g/mol. The molecular formula is C9H8N4O3S2. The third kappa shape index (κ3) is 2.68. The lowest BCUT2D eigenvalue weighted by Gasteiger charge is -1.98. The number of carboxylic acid groups (broad SMARTS) is 1. The minimum atomic E-state index is -1.01. The number of aromatic carboxylic acids is 1. The molecule has 1 amide bonds. The molecule has 0 atom stereocenters. The fourth-order valence-electron chi connectivity index (χ4n) is 1.24. The summed E-state index contributed by atoms with van der Waals surface area (Å²) in [6, 6.07) is 0. The maximum Gasteiger partial charge on any atom is 0.347 e. The van der Waals surface area contributed by atoms with Gasteiger partial charge in [-0.05, 0) is 6.92 Å². The van der Waals surface area contributed by atoms with Gasteiger partial charge in [0.05, 0.1) is 30.2 Å². The fourth-order valence-corrected chi connectivity index (χ4v) is 2.49. The zero-order valence-corrected chi connectivity index (χ0v) is 10.8. The molecule has 94 valence electrons. The van der Waals surface area contributed by atoms with Gasteiger partial charge in [0.15, 0.2) is 5.69 Å². The highest BCUT2D eigenvalue weighted by atomic mass is 32.1. The second-order valence-corrected chi connectivity index (χ2v) is 4.94. The molecule has 0 unspecified atom stereocenters. The number of hydrogen-bond acceptors (Lipinski definition) is 7. The summed E-state index contributed by atoms with van der Waals surface area (Å²) >= 11 is 2.00. The van der Waals surface area contributed by atoms with Gasteiger partial charge in [0.25, 0.3) is 5.91 Å². The van der Waals surface area contributed by atoms with Crippen molar-refractivity contribution in [2.45, 2.75) is 13.5 Å². The molecule has 0 spiro atoms. The first kappa shape index (κ1) is 12.6. The van der Waals surface area contributed by atoms with Gasteiger partial charge in [-0.15, -0.1) is 11.3 Å². The van der Waals surface area contributed by atoms with Gasteiger partial charge < -0.3 is 10.4 Å². The molecule has 18 heavy (non-hydrogen) atoms. The van der Waals surface area contributed by atoms with E-state index in [0.717, 1.165) is 23.1 Å². The summed E-state index contributed by atoms with van der Waals surface area (Å²) in [4.78, 5) is 26.6. The van der Waals surface area contributed by atoms with Crippen molar-refractivity contribution in [3.63, 3.8) is 0 Å². The molecule has 2 rings (SSSR count). The summed E-state index contributed by atoms with van der Waals surface area (Å²) in [5.74, 6) is -1.36. The molecule has 7 nitrogen and oxygen atoms in total. The quantitative estimate of drug-likeness (QED) is 0.865. The topological polar surface area (TPSA) is 105 Å². The van der Waals surface area contributed by atoms with Crippen LogP contribution >= 0.6 is 23.1 Å². The van der Waals surface area contributed by atoms with Crippen molar-refractivity contribution in [1.82, 2.24) is 19.0 Å². The lowest BCUT2D eigenvalue weighted by Crippen LogP contribution is -2.22. The zero-order valence-electron chi connectivity index (χ0n) is 9.21. The van der Waals surface area contributed by atoms with E-state index in [4.69, 9.17) is 5.11 Å². The van der Waals surface area contributed by atoms with Crippen LogP contribution in [0.15, 0.2) is 6.20 Å². The maximum atomic E-state index is 11.6. The van der Waals surface area contributed by atoms with Crippen molar-refractivity contribution in [3.8, 4) is 0 Å². The van der Waals surface area contributed by atoms with Gasteiger partial charge in [-0.3, -0.25) is 4.79 Å². The van der Waals surface area contributed by atoms with E-state index in [1.165, 1.54) is 6.20 Å². The number of nitrogens with zero attached hydrogens (tertiary/aromatic N) is 3. The van der Waals surface area contributed by atoms with E-state index in [0.29, 0.717) is 10.7 Å². The Balaban J connectivity index is 2.01. The van der Waals surface area contributed by atoms with E-state index in [2.05, 4.69) is 19.0 Å². The van der Waals surface area contributed by atoms with Crippen LogP contribution < -0.4 is 5.32 Å². The van der Waals surface area contributed by atoms with Crippen molar-refractivity contribution < 1.29 is 14.7 Å². The number of nitrogens with one attached hydrogen (secondary N) is 1. The number of aryl methyl sites for hydroxylation is 1. The first-order chi connectivity index (χ1) is 8.58. The third-order valence-electron chi connectivity index (χ3n) is 2.03. The van der Waals surface area contributed by atoms with Crippen LogP contribution in [-0.2, 0) is 6.54 Å². The highest BCUT2D eigenvalue weighted by Gasteiger charge is 2.15. The number of thiazole rings is 1. The zero-order chi connectivity index (χ0) is 13.1. The van der Waals surface area contributed by atoms with E-state index in [9.17, 15) is 9.59 Å². The van der Waals surface area contributed by atoms with E-state index < -0.39 is 5.97 Å². The standard InChI is InChI=1S/C9H8N4O3S2/c1-4-7(9(15)16)17-6(12-4)3-10-8(14)5-2-11-18-13-5/h2H,3H2,1H3,(H,10,14)(H,15,16). The normalized spacial score (nSPS) is 10.3. The summed E-state index contributed by atoms with van der Waals surface area (Å²) in [6.07, 6.45) is 1.37. The Kier molecular flexibility index (Phi) is 3.63. The number of amides is 1. The number of rotatable bonds is 4. The average molecular weight is 284 g/mol. The van der Waals surface area contributed by atoms with Crippen LogP contribution in [0.5, 0.6) is 0 Å². The SMILES string of the molecule is Cc1nc(CNC(=O)c2cnsn2)sc1C(=O)O. The smallest absolute Gasteiger partial charge is 0.347 e. The summed E-state index contributed by atoms with van der Waals surface area (Å²) in [5, 5.41) is 12.0. The van der Waals surface area contributed by atoms with Gasteiger partial charge >= 0.3 is 5.97 Å². The lowest BCUT2D eigenvalue weighted by molar-refractivity contribution is 0.0701. The minimum absolute atomic E-state index is 0.176. The molecule has 2 heterocycles. The maximum absolute atomic E-state index is 11.6. The largest absolute Gasteiger partial charge is 0.477 e. The predicted octanol–water partition coefficient (Wildman–Crippen LogP) is 0.931. The molecule has 0 fully saturated rings. The molecule has 2 aromatic rings. The van der Waals surface area contributed by atoms with Crippen LogP contribution in [0.4, 0.5) is 0 Å². The first-order valence-electron chi connectivity index (χ1n) is 4.83. The van der Waals surface area contributed by atoms with E-state index >= 15 is 0 Å². The van der Waals surface area contributed by atoms with Crippen LogP contribution in [0.3, 0.4) is 0 Å². The van der Waals surface area contributed by atoms with Crippen molar-refractivity contribution in [2.24, 2.45) is 0 Å². The van der Waals surface area contributed by atoms with Crippen molar-refractivity contribution in [1.29, 1.82) is 0 Å². The van der Waals surface area contributed by atoms with E-state index in [1.807, 2.05) is 0 Å². The third-order valence-corrected chi connectivity index (χ3v) is 3.65. The molecule has 0 saturated carbocycles. The second-order valence-electron chi connectivity index (χ2n) is 3.30. The Hall–Kier alpha value is -1.87. The molecule has 0 aliphatic heterocycles. The number of aromatic nitrogens is 3. The van der Waals surface area contributed by atoms with Crippen molar-refractivity contribution in [3.05, 3.63) is 27.5 Å². The fraction of sp³-hybridized carbons (Fsp3) is 0.222. The van der Waals surface area contributed by atoms with Gasteiger partial charge in [0.1, 0.15) is 9.88 Å². The highest BCUT2D eigenvalue weighted by molar-refractivity contribution is 7.13. The summed E-state index contributed by atoms with van der Waals surface area (Å²) in [6.45, 7) is 1.80. The predicted molar refractivity (Wildman–Crippen MR) is 64.9 cm³/mol. The Morgan fingerprint density at radius 3 is 2.83 bits per heavy atom. The van der Waals surface area contributed by atoms with Gasteiger partial charge in [-0.25, -0.2) is 9.78 Å². The van der Waals surface area contributed by atoms with Gasteiger partial charge in [0, 0.05) is 0 Å². The molecule has 0 radical (unpaired) electrons. The summed E-state index contributed by atoms with van der Waals surface area (Å²) in [5.41, 5.74) is 0.693. The summed E-state index contributed by atoms with van der Waals surface area (Å²) in [7, 11) is 0. The van der Waals surface area contributed by atoms with Crippen molar-refractivity contribution >= 4 is 34.9 Å². The molecular weight excluding hydrogens is 276 g/mol. The van der Waals surface area contributed by atoms with Crippen molar-refractivity contribution in [2.75, 3.05) is 0 Å². The van der Waals surface area contributed by atoms with Gasteiger partial charge in [0.2, 0.25) is 0 Å². The molecule has 2 N–H and O–H groups in total. The lowest BCUT2D eigenvalue weighted by atomic mass is 10.4. The second kappa shape index (κ2) is 5.19. The Morgan fingerprint density at radius 2 is 2.28 bits per heavy atom. The number of hydrogen-bond donors (Lipinski definition) is 2. The van der Waals surface area contributed by atoms with E-state index in [-0.39, 0.29) is 23.0 Å². The van der Waals surface area contributed by atoms with Gasteiger partial charge in [-0.1, -0.05) is 0 Å². The molecule has 2 aromatic heterocycles. The molecule has 0 aliphatic carbocycles.